The molecule has 0 saturated carbocycles. The van der Waals surface area contributed by atoms with Crippen molar-refractivity contribution in [3.05, 3.63) is 35.9 Å². The number of alkyl carbamates (subject to hydrolysis) is 1. The number of hydrogen-bond donors (Lipinski definition) is 3. The summed E-state index contributed by atoms with van der Waals surface area (Å²) in [5.41, 5.74) is 0.820. The predicted molar refractivity (Wildman–Crippen MR) is 89.5 cm³/mol. The van der Waals surface area contributed by atoms with Gasteiger partial charge < -0.3 is 25.2 Å². The van der Waals surface area contributed by atoms with Gasteiger partial charge in [-0.05, 0) is 12.0 Å². The van der Waals surface area contributed by atoms with E-state index in [0.717, 1.165) is 12.7 Å². The second kappa shape index (κ2) is 11.0. The highest BCUT2D eigenvalue weighted by molar-refractivity contribution is 5.89. The van der Waals surface area contributed by atoms with Gasteiger partial charge in [-0.3, -0.25) is 4.79 Å². The number of hydrogen-bond acceptors (Lipinski definition) is 6. The summed E-state index contributed by atoms with van der Waals surface area (Å²) in [4.78, 5) is 35.6. The highest BCUT2D eigenvalue weighted by Gasteiger charge is 2.26. The van der Waals surface area contributed by atoms with Crippen LogP contribution < -0.4 is 10.6 Å². The lowest BCUT2D eigenvalue weighted by Gasteiger charge is -2.20. The molecule has 0 aromatic heterocycles. The summed E-state index contributed by atoms with van der Waals surface area (Å²) in [7, 11) is 1.15. The van der Waals surface area contributed by atoms with Crippen LogP contribution in [0.25, 0.3) is 0 Å². The van der Waals surface area contributed by atoms with E-state index in [0.29, 0.717) is 12.8 Å². The molecular weight excluding hydrogens is 328 g/mol. The summed E-state index contributed by atoms with van der Waals surface area (Å²) in [5, 5.41) is 14.0. The minimum absolute atomic E-state index is 0.0779. The second-order valence-electron chi connectivity index (χ2n) is 5.31. The van der Waals surface area contributed by atoms with Crippen LogP contribution in [-0.4, -0.2) is 48.9 Å². The lowest BCUT2D eigenvalue weighted by atomic mass is 10.1. The fourth-order valence-corrected chi connectivity index (χ4v) is 2.06. The molecule has 1 aromatic carbocycles. The first-order valence-electron chi connectivity index (χ1n) is 7.98. The molecule has 0 unspecified atom stereocenters. The number of aliphatic hydroxyl groups is 1. The minimum Gasteiger partial charge on any atom is -0.467 e. The van der Waals surface area contributed by atoms with Crippen molar-refractivity contribution in [1.29, 1.82) is 0 Å². The predicted octanol–water partition coefficient (Wildman–Crippen LogP) is 0.732. The summed E-state index contributed by atoms with van der Waals surface area (Å²) < 4.78 is 9.57. The largest absolute Gasteiger partial charge is 0.467 e. The Bertz CT molecular complexity index is 564. The molecule has 0 spiro atoms. The molecule has 0 aliphatic carbocycles. The van der Waals surface area contributed by atoms with E-state index < -0.39 is 36.7 Å². The molecule has 0 heterocycles. The van der Waals surface area contributed by atoms with E-state index in [1.54, 1.807) is 0 Å². The van der Waals surface area contributed by atoms with Crippen molar-refractivity contribution in [3.8, 4) is 0 Å². The monoisotopic (exact) mass is 352 g/mol. The molecule has 138 valence electrons. The molecule has 1 rings (SSSR count). The number of ether oxygens (including phenoxy) is 2. The molecule has 0 fully saturated rings. The van der Waals surface area contributed by atoms with Crippen LogP contribution in [0.5, 0.6) is 0 Å². The van der Waals surface area contributed by atoms with Gasteiger partial charge in [0, 0.05) is 0 Å². The highest BCUT2D eigenvalue weighted by atomic mass is 16.5. The lowest BCUT2D eigenvalue weighted by Crippen LogP contribution is -2.53. The molecule has 2 amide bonds. The van der Waals surface area contributed by atoms with E-state index in [2.05, 4.69) is 15.4 Å². The number of carbonyl (C=O) groups is 3. The number of aliphatic hydroxyl groups excluding tert-OH is 1. The van der Waals surface area contributed by atoms with E-state index >= 15 is 0 Å². The normalized spacial score (nSPS) is 12.6. The Hall–Kier alpha value is -2.61. The molecule has 0 saturated heterocycles. The summed E-state index contributed by atoms with van der Waals surface area (Å²) >= 11 is 0. The van der Waals surface area contributed by atoms with Gasteiger partial charge in [0.05, 0.1) is 13.7 Å². The third-order valence-electron chi connectivity index (χ3n) is 3.38. The summed E-state index contributed by atoms with van der Waals surface area (Å²) in [5.74, 6) is -1.36. The fraction of sp³-hybridized carbons (Fsp3) is 0.471. The maximum absolute atomic E-state index is 12.2. The standard InChI is InChI=1S/C17H24N2O6/c1-3-7-13(15(21)18-14(10-20)16(22)24-2)19-17(23)25-11-12-8-5-4-6-9-12/h4-6,8-9,13-14,20H,3,7,10-11H2,1-2H3,(H,18,21)(H,19,23)/t13-,14-/m0/s1. The van der Waals surface area contributed by atoms with E-state index in [9.17, 15) is 14.4 Å². The maximum Gasteiger partial charge on any atom is 0.408 e. The van der Waals surface area contributed by atoms with Crippen LogP contribution >= 0.6 is 0 Å². The molecule has 1 aromatic rings. The topological polar surface area (TPSA) is 114 Å². The first kappa shape index (κ1) is 20.4. The quantitative estimate of drug-likeness (QED) is 0.565. The van der Waals surface area contributed by atoms with Crippen molar-refractivity contribution in [2.75, 3.05) is 13.7 Å². The van der Waals surface area contributed by atoms with Crippen LogP contribution in [-0.2, 0) is 25.7 Å². The molecule has 3 N–H and O–H groups in total. The maximum atomic E-state index is 12.2. The molecule has 8 nitrogen and oxygen atoms in total. The lowest BCUT2D eigenvalue weighted by molar-refractivity contribution is -0.146. The average molecular weight is 352 g/mol. The van der Waals surface area contributed by atoms with Gasteiger partial charge in [0.2, 0.25) is 5.91 Å². The van der Waals surface area contributed by atoms with Gasteiger partial charge in [0.1, 0.15) is 12.6 Å². The van der Waals surface area contributed by atoms with E-state index in [-0.39, 0.29) is 6.61 Å². The van der Waals surface area contributed by atoms with Gasteiger partial charge in [-0.25, -0.2) is 9.59 Å². The van der Waals surface area contributed by atoms with Crippen LogP contribution in [0, 0.1) is 0 Å². The van der Waals surface area contributed by atoms with Crippen molar-refractivity contribution in [2.24, 2.45) is 0 Å². The Labute approximate surface area is 146 Å². The zero-order valence-electron chi connectivity index (χ0n) is 14.4. The van der Waals surface area contributed by atoms with Gasteiger partial charge in [-0.2, -0.15) is 0 Å². The van der Waals surface area contributed by atoms with Crippen molar-refractivity contribution in [1.82, 2.24) is 10.6 Å². The number of esters is 1. The van der Waals surface area contributed by atoms with Crippen molar-refractivity contribution in [3.63, 3.8) is 0 Å². The Morgan fingerprint density at radius 2 is 1.80 bits per heavy atom. The Kier molecular flexibility index (Phi) is 9.02. The van der Waals surface area contributed by atoms with Gasteiger partial charge >= 0.3 is 12.1 Å². The van der Waals surface area contributed by atoms with E-state index in [1.807, 2.05) is 37.3 Å². The first-order valence-corrected chi connectivity index (χ1v) is 7.98. The second-order valence-corrected chi connectivity index (χ2v) is 5.31. The summed E-state index contributed by atoms with van der Waals surface area (Å²) in [6.07, 6.45) is 0.237. The van der Waals surface area contributed by atoms with E-state index in [1.165, 1.54) is 0 Å². The molecule has 8 heteroatoms. The number of amides is 2. The Morgan fingerprint density at radius 1 is 1.12 bits per heavy atom. The number of nitrogens with one attached hydrogen (secondary N) is 2. The molecule has 0 aliphatic heterocycles. The van der Waals surface area contributed by atoms with Crippen LogP contribution in [0.1, 0.15) is 25.3 Å². The van der Waals surface area contributed by atoms with Crippen LogP contribution in [0.2, 0.25) is 0 Å². The zero-order valence-corrected chi connectivity index (χ0v) is 14.4. The number of carbonyl (C=O) groups excluding carboxylic acids is 3. The number of rotatable bonds is 9. The van der Waals surface area contributed by atoms with Crippen molar-refractivity contribution in [2.45, 2.75) is 38.5 Å². The molecule has 0 aliphatic rings. The molecule has 0 radical (unpaired) electrons. The minimum atomic E-state index is -1.18. The van der Waals surface area contributed by atoms with Crippen LogP contribution in [0.4, 0.5) is 4.79 Å². The highest BCUT2D eigenvalue weighted by Crippen LogP contribution is 2.03. The van der Waals surface area contributed by atoms with Crippen molar-refractivity contribution >= 4 is 18.0 Å². The smallest absolute Gasteiger partial charge is 0.408 e. The van der Waals surface area contributed by atoms with Gasteiger partial charge in [0.15, 0.2) is 6.04 Å². The molecule has 25 heavy (non-hydrogen) atoms. The fourth-order valence-electron chi connectivity index (χ4n) is 2.06. The van der Waals surface area contributed by atoms with Crippen molar-refractivity contribution < 1.29 is 29.0 Å². The molecular formula is C17H24N2O6. The van der Waals surface area contributed by atoms with Crippen LogP contribution in [0.3, 0.4) is 0 Å². The average Bonchev–Trinajstić information content (AvgIpc) is 2.64. The van der Waals surface area contributed by atoms with Gasteiger partial charge in [-0.1, -0.05) is 43.7 Å². The third-order valence-corrected chi connectivity index (χ3v) is 3.38. The van der Waals surface area contributed by atoms with E-state index in [4.69, 9.17) is 9.84 Å². The third kappa shape index (κ3) is 7.21. The molecule has 0 bridgehead atoms. The van der Waals surface area contributed by atoms with Crippen LogP contribution in [0.15, 0.2) is 30.3 Å². The summed E-state index contributed by atoms with van der Waals surface area (Å²) in [6.45, 7) is 1.32. The summed E-state index contributed by atoms with van der Waals surface area (Å²) in [6, 6.07) is 7.06. The number of methoxy groups -OCH3 is 1. The Balaban J connectivity index is 2.57. The number of benzene rings is 1. The van der Waals surface area contributed by atoms with Gasteiger partial charge in [-0.15, -0.1) is 0 Å². The van der Waals surface area contributed by atoms with Gasteiger partial charge in [0.25, 0.3) is 0 Å². The Morgan fingerprint density at radius 3 is 2.36 bits per heavy atom. The molecule has 2 atom stereocenters. The first-order chi connectivity index (χ1) is 12.0. The zero-order chi connectivity index (χ0) is 18.7. The SMILES string of the molecule is CCC[C@H](NC(=O)OCc1ccccc1)C(=O)N[C@@H](CO)C(=O)OC.